The molecule has 1 aliphatic heterocycles. The van der Waals surface area contributed by atoms with E-state index in [-0.39, 0.29) is 5.88 Å². The Bertz CT molecular complexity index is 964. The molecule has 27 heavy (non-hydrogen) atoms. The third kappa shape index (κ3) is 3.56. The molecule has 0 saturated carbocycles. The first-order valence-electron chi connectivity index (χ1n) is 9.20. The quantitative estimate of drug-likeness (QED) is 0.703. The number of piperidine rings is 1. The van der Waals surface area contributed by atoms with E-state index in [1.165, 1.54) is 0 Å². The molecular formula is C19H23FN6O. The second-order valence-corrected chi connectivity index (χ2v) is 7.08. The van der Waals surface area contributed by atoms with Crippen LogP contribution in [0.2, 0.25) is 0 Å². The summed E-state index contributed by atoms with van der Waals surface area (Å²) in [6, 6.07) is 2.06. The average Bonchev–Trinajstić information content (AvgIpc) is 3.04. The van der Waals surface area contributed by atoms with Crippen molar-refractivity contribution in [2.75, 3.05) is 24.6 Å². The lowest BCUT2D eigenvalue weighted by molar-refractivity contribution is 0.206. The molecule has 0 aliphatic carbocycles. The van der Waals surface area contributed by atoms with Crippen LogP contribution in [0.5, 0.6) is 5.88 Å². The lowest BCUT2D eigenvalue weighted by Gasteiger charge is -2.32. The van der Waals surface area contributed by atoms with Crippen molar-refractivity contribution in [3.8, 4) is 5.88 Å². The molecule has 0 unspecified atom stereocenters. The van der Waals surface area contributed by atoms with E-state index in [9.17, 15) is 4.39 Å². The molecule has 4 heterocycles. The molecule has 0 bridgehead atoms. The van der Waals surface area contributed by atoms with Crippen molar-refractivity contribution in [1.82, 2.24) is 24.6 Å². The van der Waals surface area contributed by atoms with Crippen LogP contribution in [0.25, 0.3) is 5.52 Å². The van der Waals surface area contributed by atoms with Crippen molar-refractivity contribution in [3.63, 3.8) is 0 Å². The Morgan fingerprint density at radius 1 is 1.19 bits per heavy atom. The maximum absolute atomic E-state index is 14.1. The molecule has 7 nitrogen and oxygen atoms in total. The van der Waals surface area contributed by atoms with Gasteiger partial charge in [-0.1, -0.05) is 0 Å². The van der Waals surface area contributed by atoms with Gasteiger partial charge in [0.05, 0.1) is 18.0 Å². The van der Waals surface area contributed by atoms with Crippen molar-refractivity contribution >= 4 is 11.3 Å². The van der Waals surface area contributed by atoms with E-state index in [2.05, 4.69) is 31.0 Å². The Balaban J connectivity index is 1.39. The second kappa shape index (κ2) is 7.09. The van der Waals surface area contributed by atoms with Gasteiger partial charge in [-0.3, -0.25) is 0 Å². The van der Waals surface area contributed by atoms with Gasteiger partial charge in [-0.05, 0) is 45.6 Å². The van der Waals surface area contributed by atoms with Crippen molar-refractivity contribution in [3.05, 3.63) is 41.5 Å². The van der Waals surface area contributed by atoms with E-state index in [1.54, 1.807) is 20.0 Å². The predicted molar refractivity (Wildman–Crippen MR) is 99.6 cm³/mol. The zero-order chi connectivity index (χ0) is 19.0. The highest BCUT2D eigenvalue weighted by Crippen LogP contribution is 2.26. The molecule has 1 fully saturated rings. The van der Waals surface area contributed by atoms with Crippen LogP contribution in [0.4, 0.5) is 10.2 Å². The third-order valence-electron chi connectivity index (χ3n) is 4.96. The molecule has 0 spiro atoms. The van der Waals surface area contributed by atoms with Gasteiger partial charge in [0.1, 0.15) is 11.3 Å². The first-order valence-corrected chi connectivity index (χ1v) is 9.20. The van der Waals surface area contributed by atoms with Crippen LogP contribution >= 0.6 is 0 Å². The first-order chi connectivity index (χ1) is 13.0. The number of nitrogens with zero attached hydrogens (tertiary/aromatic N) is 6. The van der Waals surface area contributed by atoms with Gasteiger partial charge in [-0.25, -0.2) is 14.5 Å². The Labute approximate surface area is 157 Å². The molecule has 3 aromatic heterocycles. The monoisotopic (exact) mass is 370 g/mol. The van der Waals surface area contributed by atoms with Gasteiger partial charge in [-0.2, -0.15) is 14.5 Å². The van der Waals surface area contributed by atoms with Gasteiger partial charge in [-0.15, -0.1) is 0 Å². The van der Waals surface area contributed by atoms with Crippen LogP contribution in [0.1, 0.15) is 30.1 Å². The Morgan fingerprint density at radius 3 is 2.74 bits per heavy atom. The minimum absolute atomic E-state index is 0.0589. The summed E-state index contributed by atoms with van der Waals surface area (Å²) < 4.78 is 21.6. The summed E-state index contributed by atoms with van der Waals surface area (Å²) in [5.74, 6) is 1.44. The van der Waals surface area contributed by atoms with E-state index in [1.807, 2.05) is 17.6 Å². The van der Waals surface area contributed by atoms with Crippen molar-refractivity contribution in [2.24, 2.45) is 5.92 Å². The summed E-state index contributed by atoms with van der Waals surface area (Å²) in [5, 5.41) is 4.45. The lowest BCUT2D eigenvalue weighted by atomic mass is 9.98. The van der Waals surface area contributed by atoms with E-state index in [0.717, 1.165) is 43.0 Å². The Kier molecular flexibility index (Phi) is 4.63. The minimum atomic E-state index is -0.468. The topological polar surface area (TPSA) is 68.4 Å². The first kappa shape index (κ1) is 17.6. The molecule has 0 N–H and O–H groups in total. The molecule has 4 rings (SSSR count). The number of halogens is 1. The number of anilines is 1. The maximum Gasteiger partial charge on any atom is 0.254 e. The number of ether oxygens (including phenoxy) is 1. The third-order valence-corrected chi connectivity index (χ3v) is 4.96. The van der Waals surface area contributed by atoms with E-state index in [0.29, 0.717) is 24.0 Å². The van der Waals surface area contributed by atoms with Gasteiger partial charge >= 0.3 is 0 Å². The molecule has 0 radical (unpaired) electrons. The number of rotatable bonds is 4. The van der Waals surface area contributed by atoms with E-state index in [4.69, 9.17) is 4.74 Å². The molecule has 142 valence electrons. The maximum atomic E-state index is 14.1. The molecule has 0 amide bonds. The van der Waals surface area contributed by atoms with Crippen LogP contribution in [0, 0.1) is 32.5 Å². The summed E-state index contributed by atoms with van der Waals surface area (Å²) in [4.78, 5) is 14.9. The van der Waals surface area contributed by atoms with Gasteiger partial charge in [0.2, 0.25) is 5.82 Å². The number of hydrogen-bond acceptors (Lipinski definition) is 6. The van der Waals surface area contributed by atoms with E-state index >= 15 is 0 Å². The van der Waals surface area contributed by atoms with Crippen molar-refractivity contribution < 1.29 is 9.13 Å². The van der Waals surface area contributed by atoms with Crippen LogP contribution in [0.3, 0.4) is 0 Å². The standard InChI is InChI=1S/C19H23FN6O/c1-12-10-16-18(21-6-9-26(16)24-12)25-7-4-15(5-8-25)11-27-19-17(20)13(2)22-14(3)23-19/h6,9-10,15H,4-5,7-8,11H2,1-3H3. The van der Waals surface area contributed by atoms with Gasteiger partial charge in [0.25, 0.3) is 5.88 Å². The largest absolute Gasteiger partial charge is 0.475 e. The summed E-state index contributed by atoms with van der Waals surface area (Å²) >= 11 is 0. The average molecular weight is 370 g/mol. The Morgan fingerprint density at radius 2 is 1.96 bits per heavy atom. The molecule has 3 aromatic rings. The fraction of sp³-hybridized carbons (Fsp3) is 0.474. The van der Waals surface area contributed by atoms with E-state index < -0.39 is 5.82 Å². The number of hydrogen-bond donors (Lipinski definition) is 0. The highest BCUT2D eigenvalue weighted by molar-refractivity contribution is 5.69. The van der Waals surface area contributed by atoms with Crippen LogP contribution < -0.4 is 9.64 Å². The fourth-order valence-corrected chi connectivity index (χ4v) is 3.55. The van der Waals surface area contributed by atoms with Gasteiger partial charge < -0.3 is 9.64 Å². The van der Waals surface area contributed by atoms with Gasteiger partial charge in [0.15, 0.2) is 5.82 Å². The normalized spacial score (nSPS) is 15.5. The Hall–Kier alpha value is -2.77. The predicted octanol–water partition coefficient (Wildman–Crippen LogP) is 2.88. The van der Waals surface area contributed by atoms with Crippen LogP contribution in [-0.4, -0.2) is 44.3 Å². The number of aryl methyl sites for hydroxylation is 3. The lowest BCUT2D eigenvalue weighted by Crippen LogP contribution is -2.36. The summed E-state index contributed by atoms with van der Waals surface area (Å²) in [6.07, 6.45) is 5.57. The SMILES string of the molecule is Cc1cc2c(N3CCC(COc4nc(C)nc(C)c4F)CC3)nccn2n1. The zero-order valence-electron chi connectivity index (χ0n) is 15.8. The second-order valence-electron chi connectivity index (χ2n) is 7.08. The van der Waals surface area contributed by atoms with Crippen molar-refractivity contribution in [1.29, 1.82) is 0 Å². The number of aromatic nitrogens is 5. The summed E-state index contributed by atoms with van der Waals surface area (Å²) in [7, 11) is 0. The summed E-state index contributed by atoms with van der Waals surface area (Å²) in [6.45, 7) is 7.58. The minimum Gasteiger partial charge on any atom is -0.475 e. The molecule has 0 aromatic carbocycles. The van der Waals surface area contributed by atoms with Crippen molar-refractivity contribution in [2.45, 2.75) is 33.6 Å². The highest BCUT2D eigenvalue weighted by atomic mass is 19.1. The highest BCUT2D eigenvalue weighted by Gasteiger charge is 2.23. The molecule has 0 atom stereocenters. The number of fused-ring (bicyclic) bond motifs is 1. The molecule has 1 saturated heterocycles. The van der Waals surface area contributed by atoms with Crippen LogP contribution in [-0.2, 0) is 0 Å². The molecule has 1 aliphatic rings. The van der Waals surface area contributed by atoms with Gasteiger partial charge in [0, 0.05) is 25.5 Å². The molecule has 8 heteroatoms. The smallest absolute Gasteiger partial charge is 0.254 e. The molecular weight excluding hydrogens is 347 g/mol. The fourth-order valence-electron chi connectivity index (χ4n) is 3.55. The zero-order valence-corrected chi connectivity index (χ0v) is 15.8. The van der Waals surface area contributed by atoms with Crippen LogP contribution in [0.15, 0.2) is 18.5 Å². The summed E-state index contributed by atoms with van der Waals surface area (Å²) in [5.41, 5.74) is 2.33.